The summed E-state index contributed by atoms with van der Waals surface area (Å²) in [7, 11) is 0. The summed E-state index contributed by atoms with van der Waals surface area (Å²) >= 11 is 6.53. The average Bonchev–Trinajstić information content (AvgIpc) is 3.07. The third-order valence-electron chi connectivity index (χ3n) is 4.67. The van der Waals surface area contributed by atoms with Crippen LogP contribution >= 0.6 is 11.6 Å². The van der Waals surface area contributed by atoms with Gasteiger partial charge in [0.05, 0.1) is 12.1 Å². The van der Waals surface area contributed by atoms with Crippen LogP contribution in [0.4, 0.5) is 0 Å². The van der Waals surface area contributed by atoms with Gasteiger partial charge in [-0.3, -0.25) is 4.90 Å². The predicted molar refractivity (Wildman–Crippen MR) is 95.2 cm³/mol. The lowest BCUT2D eigenvalue weighted by molar-refractivity contribution is 0.108. The topological polar surface area (TPSA) is 50.1 Å². The van der Waals surface area contributed by atoms with Crippen LogP contribution in [0.15, 0.2) is 24.3 Å². The quantitative estimate of drug-likeness (QED) is 0.831. The Morgan fingerprint density at radius 2 is 1.83 bits per heavy atom. The summed E-state index contributed by atoms with van der Waals surface area (Å²) in [6, 6.07) is 8.20. The van der Waals surface area contributed by atoms with Gasteiger partial charge >= 0.3 is 0 Å². The monoisotopic (exact) mass is 348 g/mol. The lowest BCUT2D eigenvalue weighted by atomic mass is 10.0. The van der Waals surface area contributed by atoms with Gasteiger partial charge in [0.1, 0.15) is 0 Å². The zero-order valence-corrected chi connectivity index (χ0v) is 15.3. The SMILES string of the molecule is CCN1CCN(C(c2ccccc2Cl)c2nnnn2C(C)C)CC1. The van der Waals surface area contributed by atoms with Crippen LogP contribution in [-0.2, 0) is 0 Å². The molecule has 1 unspecified atom stereocenters. The summed E-state index contributed by atoms with van der Waals surface area (Å²) < 4.78 is 1.90. The van der Waals surface area contributed by atoms with Crippen molar-refractivity contribution in [1.29, 1.82) is 0 Å². The van der Waals surface area contributed by atoms with E-state index in [0.717, 1.165) is 49.1 Å². The molecule has 1 aromatic heterocycles. The molecule has 2 heterocycles. The van der Waals surface area contributed by atoms with E-state index in [1.165, 1.54) is 0 Å². The van der Waals surface area contributed by atoms with E-state index in [2.05, 4.69) is 52.2 Å². The first-order valence-corrected chi connectivity index (χ1v) is 8.98. The van der Waals surface area contributed by atoms with Crippen molar-refractivity contribution in [2.45, 2.75) is 32.9 Å². The maximum absolute atomic E-state index is 6.53. The van der Waals surface area contributed by atoms with Crippen LogP contribution in [0.25, 0.3) is 0 Å². The molecule has 6 nitrogen and oxygen atoms in total. The number of hydrogen-bond donors (Lipinski definition) is 0. The van der Waals surface area contributed by atoms with Gasteiger partial charge in [0.25, 0.3) is 0 Å². The van der Waals surface area contributed by atoms with Crippen molar-refractivity contribution in [3.63, 3.8) is 0 Å². The van der Waals surface area contributed by atoms with E-state index < -0.39 is 0 Å². The number of hydrogen-bond acceptors (Lipinski definition) is 5. The van der Waals surface area contributed by atoms with Crippen LogP contribution in [0.2, 0.25) is 5.02 Å². The van der Waals surface area contributed by atoms with Gasteiger partial charge in [0, 0.05) is 31.2 Å². The third-order valence-corrected chi connectivity index (χ3v) is 5.02. The van der Waals surface area contributed by atoms with Crippen LogP contribution in [0.5, 0.6) is 0 Å². The largest absolute Gasteiger partial charge is 0.301 e. The highest BCUT2D eigenvalue weighted by Crippen LogP contribution is 2.33. The van der Waals surface area contributed by atoms with Crippen LogP contribution < -0.4 is 0 Å². The molecule has 0 saturated carbocycles. The van der Waals surface area contributed by atoms with Crippen LogP contribution in [0.1, 0.15) is 44.2 Å². The molecule has 130 valence electrons. The van der Waals surface area contributed by atoms with Gasteiger partial charge in [-0.15, -0.1) is 5.10 Å². The lowest BCUT2D eigenvalue weighted by Crippen LogP contribution is -2.48. The highest BCUT2D eigenvalue weighted by Gasteiger charge is 2.31. The van der Waals surface area contributed by atoms with Gasteiger partial charge in [-0.1, -0.05) is 36.7 Å². The maximum atomic E-state index is 6.53. The van der Waals surface area contributed by atoms with Gasteiger partial charge in [-0.2, -0.15) is 0 Å². The highest BCUT2D eigenvalue weighted by molar-refractivity contribution is 6.31. The van der Waals surface area contributed by atoms with E-state index in [4.69, 9.17) is 11.6 Å². The maximum Gasteiger partial charge on any atom is 0.173 e. The van der Waals surface area contributed by atoms with Crippen LogP contribution in [0.3, 0.4) is 0 Å². The molecule has 0 spiro atoms. The second kappa shape index (κ2) is 7.59. The number of tetrazole rings is 1. The second-order valence-electron chi connectivity index (χ2n) is 6.47. The molecule has 0 amide bonds. The minimum Gasteiger partial charge on any atom is -0.301 e. The normalized spacial score (nSPS) is 18.2. The Kier molecular flexibility index (Phi) is 5.48. The summed E-state index contributed by atoms with van der Waals surface area (Å²) in [5.41, 5.74) is 1.07. The Morgan fingerprint density at radius 1 is 1.12 bits per heavy atom. The molecule has 2 aromatic rings. The Bertz CT molecular complexity index is 663. The molecule has 0 bridgehead atoms. The van der Waals surface area contributed by atoms with E-state index in [-0.39, 0.29) is 12.1 Å². The number of aromatic nitrogens is 4. The number of piperazine rings is 1. The Morgan fingerprint density at radius 3 is 2.46 bits per heavy atom. The van der Waals surface area contributed by atoms with Gasteiger partial charge in [-0.25, -0.2) is 4.68 Å². The Hall–Kier alpha value is -1.50. The fraction of sp³-hybridized carbons (Fsp3) is 0.588. The Balaban J connectivity index is 1.99. The van der Waals surface area contributed by atoms with Gasteiger partial charge in [-0.05, 0) is 42.4 Å². The van der Waals surface area contributed by atoms with E-state index in [1.807, 2.05) is 22.9 Å². The molecule has 0 radical (unpaired) electrons. The van der Waals surface area contributed by atoms with Gasteiger partial charge < -0.3 is 4.90 Å². The molecule has 24 heavy (non-hydrogen) atoms. The van der Waals surface area contributed by atoms with E-state index in [1.54, 1.807) is 0 Å². The predicted octanol–water partition coefficient (Wildman–Crippen LogP) is 2.63. The minimum atomic E-state index is -0.0184. The lowest BCUT2D eigenvalue weighted by Gasteiger charge is -2.38. The number of benzene rings is 1. The Labute approximate surface area is 148 Å². The summed E-state index contributed by atoms with van der Waals surface area (Å²) in [4.78, 5) is 4.91. The molecule has 7 heteroatoms. The van der Waals surface area contributed by atoms with E-state index in [0.29, 0.717) is 0 Å². The standard InChI is InChI=1S/C17H25ClN6/c1-4-22-9-11-23(12-10-22)16(14-7-5-6-8-15(14)18)17-19-20-21-24(17)13(2)3/h5-8,13,16H,4,9-12H2,1-3H3. The first-order chi connectivity index (χ1) is 11.6. The van der Waals surface area contributed by atoms with Crippen molar-refractivity contribution < 1.29 is 0 Å². The number of rotatable bonds is 5. The van der Waals surface area contributed by atoms with Crippen molar-refractivity contribution in [3.8, 4) is 0 Å². The van der Waals surface area contributed by atoms with E-state index in [9.17, 15) is 0 Å². The summed E-state index contributed by atoms with van der Waals surface area (Å²) in [5.74, 6) is 0.864. The van der Waals surface area contributed by atoms with Crippen molar-refractivity contribution in [2.75, 3.05) is 32.7 Å². The number of halogens is 1. The third kappa shape index (κ3) is 3.45. The van der Waals surface area contributed by atoms with Crippen molar-refractivity contribution in [1.82, 2.24) is 30.0 Å². The van der Waals surface area contributed by atoms with Gasteiger partial charge in [0.15, 0.2) is 5.82 Å². The molecule has 1 aliphatic rings. The second-order valence-corrected chi connectivity index (χ2v) is 6.88. The van der Waals surface area contributed by atoms with Crippen LogP contribution in [-0.4, -0.2) is 62.7 Å². The molecule has 1 aliphatic heterocycles. The van der Waals surface area contributed by atoms with Gasteiger partial charge in [0.2, 0.25) is 0 Å². The van der Waals surface area contributed by atoms with Crippen LogP contribution in [0, 0.1) is 0 Å². The smallest absolute Gasteiger partial charge is 0.173 e. The number of nitrogens with zero attached hydrogens (tertiary/aromatic N) is 6. The number of likely N-dealkylation sites (N-methyl/N-ethyl adjacent to an activating group) is 1. The summed E-state index contributed by atoms with van der Waals surface area (Å²) in [6.45, 7) is 11.6. The molecule has 0 aliphatic carbocycles. The zero-order chi connectivity index (χ0) is 17.1. The average molecular weight is 349 g/mol. The molecule has 1 atom stereocenters. The summed E-state index contributed by atoms with van der Waals surface area (Å²) in [5, 5.41) is 13.2. The molecule has 0 N–H and O–H groups in total. The molecular formula is C17H25ClN6. The fourth-order valence-electron chi connectivity index (χ4n) is 3.28. The molecule has 1 aromatic carbocycles. The van der Waals surface area contributed by atoms with Crippen molar-refractivity contribution in [3.05, 3.63) is 40.7 Å². The molecule has 3 rings (SSSR count). The minimum absolute atomic E-state index is 0.0184. The zero-order valence-electron chi connectivity index (χ0n) is 14.6. The summed E-state index contributed by atoms with van der Waals surface area (Å²) in [6.07, 6.45) is 0. The molecule has 1 saturated heterocycles. The highest BCUT2D eigenvalue weighted by atomic mass is 35.5. The van der Waals surface area contributed by atoms with E-state index >= 15 is 0 Å². The molecule has 1 fully saturated rings. The molecular weight excluding hydrogens is 324 g/mol. The first kappa shape index (κ1) is 17.3. The first-order valence-electron chi connectivity index (χ1n) is 8.60. The fourth-order valence-corrected chi connectivity index (χ4v) is 3.52. The van der Waals surface area contributed by atoms with Crippen molar-refractivity contribution >= 4 is 11.6 Å². The van der Waals surface area contributed by atoms with Crippen molar-refractivity contribution in [2.24, 2.45) is 0 Å².